The molecule has 1 heteroatoms. The molecule has 1 aliphatic rings. The average molecular weight is 231 g/mol. The summed E-state index contributed by atoms with van der Waals surface area (Å²) in [5.74, 6) is 2.70. The van der Waals surface area contributed by atoms with Gasteiger partial charge in [-0.2, -0.15) is 0 Å². The smallest absolute Gasteiger partial charge is 0.0502 e. The third-order valence-corrected chi connectivity index (χ3v) is 3.14. The van der Waals surface area contributed by atoms with Crippen molar-refractivity contribution in [3.63, 3.8) is 0 Å². The molecule has 18 heavy (non-hydrogen) atoms. The number of fused-ring (bicyclic) bond motifs is 1. The van der Waals surface area contributed by atoms with E-state index in [-0.39, 0.29) is 0 Å². The number of allylic oxidation sites excluding steroid dienone is 1. The summed E-state index contributed by atoms with van der Waals surface area (Å²) in [5, 5.41) is 0. The molecule has 0 N–H and O–H groups in total. The first-order valence-corrected chi connectivity index (χ1v) is 5.99. The molecule has 1 nitrogen and oxygen atoms in total. The highest BCUT2D eigenvalue weighted by atomic mass is 15.1. The molecule has 86 valence electrons. The molecular weight excluding hydrogens is 218 g/mol. The fourth-order valence-electron chi connectivity index (χ4n) is 2.23. The average Bonchev–Trinajstić information content (AvgIpc) is 2.47. The number of anilines is 2. The van der Waals surface area contributed by atoms with Crippen LogP contribution >= 0.6 is 0 Å². The first-order chi connectivity index (χ1) is 8.88. The fraction of sp³-hybridized carbons (Fsp3) is 0.0588. The minimum absolute atomic E-state index is 0.921. The number of hydrogen-bond donors (Lipinski definition) is 0. The number of hydrogen-bond acceptors (Lipinski definition) is 1. The van der Waals surface area contributed by atoms with E-state index >= 15 is 0 Å². The van der Waals surface area contributed by atoms with Gasteiger partial charge in [0, 0.05) is 17.5 Å². The van der Waals surface area contributed by atoms with E-state index in [9.17, 15) is 0 Å². The largest absolute Gasteiger partial charge is 0.317 e. The summed E-state index contributed by atoms with van der Waals surface area (Å²) >= 11 is 0. The molecule has 0 saturated heterocycles. The normalized spacial score (nSPS) is 12.9. The van der Waals surface area contributed by atoms with Gasteiger partial charge in [0.2, 0.25) is 0 Å². The van der Waals surface area contributed by atoms with E-state index in [1.165, 1.54) is 11.3 Å². The van der Waals surface area contributed by atoms with Crippen molar-refractivity contribution in [3.8, 4) is 12.3 Å². The van der Waals surface area contributed by atoms with E-state index in [0.29, 0.717) is 0 Å². The third-order valence-electron chi connectivity index (χ3n) is 3.14. The Morgan fingerprint density at radius 2 is 1.89 bits per heavy atom. The first-order valence-electron chi connectivity index (χ1n) is 5.99. The molecule has 0 spiro atoms. The summed E-state index contributed by atoms with van der Waals surface area (Å²) in [6.07, 6.45) is 10.7. The molecule has 0 amide bonds. The number of rotatable bonds is 1. The van der Waals surface area contributed by atoms with Gasteiger partial charge in [-0.1, -0.05) is 36.3 Å². The van der Waals surface area contributed by atoms with Gasteiger partial charge in [0.15, 0.2) is 0 Å². The highest BCUT2D eigenvalue weighted by molar-refractivity contribution is 5.72. The molecule has 0 bridgehead atoms. The minimum Gasteiger partial charge on any atom is -0.317 e. The van der Waals surface area contributed by atoms with Crippen LogP contribution in [0, 0.1) is 12.3 Å². The van der Waals surface area contributed by atoms with Crippen LogP contribution in [-0.2, 0) is 6.42 Å². The van der Waals surface area contributed by atoms with Gasteiger partial charge >= 0.3 is 0 Å². The van der Waals surface area contributed by atoms with Gasteiger partial charge in [0.25, 0.3) is 0 Å². The summed E-state index contributed by atoms with van der Waals surface area (Å²) < 4.78 is 0. The Bertz CT molecular complexity index is 632. The molecule has 0 aromatic heterocycles. The molecule has 0 unspecified atom stereocenters. The van der Waals surface area contributed by atoms with Crippen LogP contribution in [0.15, 0.2) is 60.8 Å². The van der Waals surface area contributed by atoms with E-state index in [0.717, 1.165) is 17.7 Å². The predicted octanol–water partition coefficient (Wildman–Crippen LogP) is 3.88. The summed E-state index contributed by atoms with van der Waals surface area (Å²) in [5.41, 5.74) is 4.56. The lowest BCUT2D eigenvalue weighted by atomic mass is 10.0. The van der Waals surface area contributed by atoms with Crippen LogP contribution in [0.25, 0.3) is 0 Å². The van der Waals surface area contributed by atoms with Crippen molar-refractivity contribution in [1.82, 2.24) is 0 Å². The molecule has 3 rings (SSSR count). The van der Waals surface area contributed by atoms with Gasteiger partial charge in [-0.3, -0.25) is 0 Å². The first kappa shape index (κ1) is 10.7. The van der Waals surface area contributed by atoms with Crippen LogP contribution in [0.4, 0.5) is 11.4 Å². The van der Waals surface area contributed by atoms with E-state index in [1.807, 2.05) is 24.3 Å². The van der Waals surface area contributed by atoms with Gasteiger partial charge in [-0.05, 0) is 36.2 Å². The maximum atomic E-state index is 5.48. The second-order valence-electron chi connectivity index (χ2n) is 4.28. The Kier molecular flexibility index (Phi) is 2.63. The van der Waals surface area contributed by atoms with Crippen LogP contribution in [0.2, 0.25) is 0 Å². The molecular formula is C17H13N. The summed E-state index contributed by atoms with van der Waals surface area (Å²) in [7, 11) is 0. The molecule has 0 saturated carbocycles. The van der Waals surface area contributed by atoms with Crippen molar-refractivity contribution in [2.75, 3.05) is 4.90 Å². The SMILES string of the molecule is C#Cc1ccc2c(c1)N(c1ccccc1)C=CC2. The number of benzene rings is 2. The highest BCUT2D eigenvalue weighted by Gasteiger charge is 2.14. The second-order valence-corrected chi connectivity index (χ2v) is 4.28. The van der Waals surface area contributed by atoms with Crippen LogP contribution in [-0.4, -0.2) is 0 Å². The quantitative estimate of drug-likeness (QED) is 0.673. The summed E-state index contributed by atoms with van der Waals surface area (Å²) in [6.45, 7) is 0. The van der Waals surface area contributed by atoms with E-state index in [2.05, 4.69) is 47.4 Å². The van der Waals surface area contributed by atoms with Crippen LogP contribution < -0.4 is 4.90 Å². The Morgan fingerprint density at radius 3 is 2.67 bits per heavy atom. The van der Waals surface area contributed by atoms with Gasteiger partial charge in [0.05, 0.1) is 5.69 Å². The Morgan fingerprint density at radius 1 is 1.06 bits per heavy atom. The Hall–Kier alpha value is -2.46. The monoisotopic (exact) mass is 231 g/mol. The van der Waals surface area contributed by atoms with E-state index < -0.39 is 0 Å². The maximum Gasteiger partial charge on any atom is 0.0502 e. The lowest BCUT2D eigenvalue weighted by Gasteiger charge is -2.26. The zero-order valence-electron chi connectivity index (χ0n) is 10.0. The summed E-state index contributed by atoms with van der Waals surface area (Å²) in [6, 6.07) is 16.5. The zero-order valence-corrected chi connectivity index (χ0v) is 10.0. The van der Waals surface area contributed by atoms with E-state index in [4.69, 9.17) is 6.42 Å². The van der Waals surface area contributed by atoms with E-state index in [1.54, 1.807) is 0 Å². The van der Waals surface area contributed by atoms with Crippen molar-refractivity contribution < 1.29 is 0 Å². The minimum atomic E-state index is 0.921. The van der Waals surface area contributed by atoms with Crippen LogP contribution in [0.1, 0.15) is 11.1 Å². The molecule has 2 aromatic carbocycles. The molecule has 0 radical (unpaired) electrons. The summed E-state index contributed by atoms with van der Waals surface area (Å²) in [4.78, 5) is 2.18. The fourth-order valence-corrected chi connectivity index (χ4v) is 2.23. The maximum absolute atomic E-state index is 5.48. The van der Waals surface area contributed by atoms with Crippen molar-refractivity contribution in [2.24, 2.45) is 0 Å². The van der Waals surface area contributed by atoms with Crippen LogP contribution in [0.3, 0.4) is 0 Å². The molecule has 1 heterocycles. The zero-order chi connectivity index (χ0) is 12.4. The van der Waals surface area contributed by atoms with Crippen molar-refractivity contribution in [2.45, 2.75) is 6.42 Å². The lowest BCUT2D eigenvalue weighted by Crippen LogP contribution is -2.14. The molecule has 0 fully saturated rings. The third kappa shape index (κ3) is 1.78. The van der Waals surface area contributed by atoms with Crippen molar-refractivity contribution in [3.05, 3.63) is 71.9 Å². The van der Waals surface area contributed by atoms with Crippen molar-refractivity contribution >= 4 is 11.4 Å². The molecule has 0 aliphatic carbocycles. The van der Waals surface area contributed by atoms with Gasteiger partial charge in [0.1, 0.15) is 0 Å². The number of nitrogens with zero attached hydrogens (tertiary/aromatic N) is 1. The van der Waals surface area contributed by atoms with Gasteiger partial charge < -0.3 is 4.90 Å². The molecule has 0 atom stereocenters. The van der Waals surface area contributed by atoms with Gasteiger partial charge in [-0.25, -0.2) is 0 Å². The highest BCUT2D eigenvalue weighted by Crippen LogP contribution is 2.33. The Labute approximate surface area is 107 Å². The topological polar surface area (TPSA) is 3.24 Å². The van der Waals surface area contributed by atoms with Crippen molar-refractivity contribution in [1.29, 1.82) is 0 Å². The lowest BCUT2D eigenvalue weighted by molar-refractivity contribution is 1.13. The Balaban J connectivity index is 2.12. The molecule has 2 aromatic rings. The molecule has 1 aliphatic heterocycles. The number of para-hydroxylation sites is 1. The number of terminal acetylenes is 1. The standard InChI is InChI=1S/C17H13N/c1-2-14-10-11-15-7-6-12-18(17(15)13-14)16-8-4-3-5-9-16/h1,3-6,8-13H,7H2. The van der Waals surface area contributed by atoms with Gasteiger partial charge in [-0.15, -0.1) is 6.42 Å². The predicted molar refractivity (Wildman–Crippen MR) is 75.8 cm³/mol. The second kappa shape index (κ2) is 4.43. The van der Waals surface area contributed by atoms with Crippen LogP contribution in [0.5, 0.6) is 0 Å².